The molecule has 0 spiro atoms. The first-order valence-corrected chi connectivity index (χ1v) is 6.66. The highest BCUT2D eigenvalue weighted by Gasteiger charge is 2.34. The number of aromatic nitrogens is 2. The summed E-state index contributed by atoms with van der Waals surface area (Å²) in [7, 11) is 0. The number of esters is 1. The van der Waals surface area contributed by atoms with Crippen molar-refractivity contribution in [2.24, 2.45) is 5.92 Å². The van der Waals surface area contributed by atoms with Gasteiger partial charge in [0, 0.05) is 13.1 Å². The average Bonchev–Trinajstić information content (AvgIpc) is 2.77. The van der Waals surface area contributed by atoms with E-state index >= 15 is 0 Å². The lowest BCUT2D eigenvalue weighted by Gasteiger charge is -2.16. The van der Waals surface area contributed by atoms with Crippen LogP contribution in [0.2, 0.25) is 0 Å². The monoisotopic (exact) mass is 298 g/mol. The second-order valence-electron chi connectivity index (χ2n) is 5.12. The number of hydrogen-bond donors (Lipinski definition) is 2. The lowest BCUT2D eigenvalue weighted by molar-refractivity contribution is -0.146. The van der Waals surface area contributed by atoms with Crippen LogP contribution in [0.5, 0.6) is 0 Å². The predicted molar refractivity (Wildman–Crippen MR) is 71.6 cm³/mol. The van der Waals surface area contributed by atoms with Crippen LogP contribution in [0, 0.1) is 5.92 Å². The van der Waals surface area contributed by atoms with Crippen LogP contribution in [0.1, 0.15) is 32.1 Å². The SMILES string of the molecule is CC(=O)OC[C@H]1O[C@@H](n2cc(CO)c(=O)[nH]c2=O)C[C@@H]1C. The summed E-state index contributed by atoms with van der Waals surface area (Å²) in [4.78, 5) is 36.2. The highest BCUT2D eigenvalue weighted by atomic mass is 16.6. The number of hydrogen-bond acceptors (Lipinski definition) is 6. The highest BCUT2D eigenvalue weighted by molar-refractivity contribution is 5.65. The van der Waals surface area contributed by atoms with Crippen molar-refractivity contribution in [3.8, 4) is 0 Å². The van der Waals surface area contributed by atoms with Gasteiger partial charge in [-0.3, -0.25) is 19.1 Å². The molecule has 0 aliphatic carbocycles. The van der Waals surface area contributed by atoms with Gasteiger partial charge in [0.1, 0.15) is 12.8 Å². The molecule has 1 aliphatic heterocycles. The number of rotatable bonds is 4. The molecule has 1 aromatic heterocycles. The Morgan fingerprint density at radius 3 is 2.90 bits per heavy atom. The normalized spacial score (nSPS) is 25.0. The maximum atomic E-state index is 11.8. The van der Waals surface area contributed by atoms with Crippen LogP contribution in [0.4, 0.5) is 0 Å². The minimum Gasteiger partial charge on any atom is -0.463 e. The summed E-state index contributed by atoms with van der Waals surface area (Å²) in [5.41, 5.74) is -1.11. The lowest BCUT2D eigenvalue weighted by atomic mass is 10.0. The molecule has 8 heteroatoms. The summed E-state index contributed by atoms with van der Waals surface area (Å²) in [6, 6.07) is 0. The first kappa shape index (κ1) is 15.5. The van der Waals surface area contributed by atoms with Crippen LogP contribution in [0.3, 0.4) is 0 Å². The summed E-state index contributed by atoms with van der Waals surface area (Å²) in [6.07, 6.45) is 0.973. The maximum absolute atomic E-state index is 11.8. The summed E-state index contributed by atoms with van der Waals surface area (Å²) in [6.45, 7) is 2.90. The fourth-order valence-electron chi connectivity index (χ4n) is 2.30. The van der Waals surface area contributed by atoms with E-state index in [1.807, 2.05) is 6.92 Å². The number of carbonyl (C=O) groups excluding carboxylic acids is 1. The summed E-state index contributed by atoms with van der Waals surface area (Å²) in [5.74, 6) is -0.302. The molecule has 21 heavy (non-hydrogen) atoms. The van der Waals surface area contributed by atoms with Gasteiger partial charge < -0.3 is 14.6 Å². The van der Waals surface area contributed by atoms with E-state index in [2.05, 4.69) is 4.98 Å². The summed E-state index contributed by atoms with van der Waals surface area (Å²) in [5, 5.41) is 9.09. The third-order valence-corrected chi connectivity index (χ3v) is 3.51. The van der Waals surface area contributed by atoms with E-state index in [0.29, 0.717) is 6.42 Å². The van der Waals surface area contributed by atoms with Gasteiger partial charge in [-0.25, -0.2) is 4.79 Å². The summed E-state index contributed by atoms with van der Waals surface area (Å²) < 4.78 is 11.9. The molecule has 2 heterocycles. The van der Waals surface area contributed by atoms with Gasteiger partial charge in [-0.05, 0) is 12.3 Å². The molecule has 1 aliphatic rings. The van der Waals surface area contributed by atoms with Crippen LogP contribution >= 0.6 is 0 Å². The molecule has 8 nitrogen and oxygen atoms in total. The molecule has 0 aromatic carbocycles. The van der Waals surface area contributed by atoms with Crippen molar-refractivity contribution in [2.45, 2.75) is 39.2 Å². The third kappa shape index (κ3) is 3.40. The maximum Gasteiger partial charge on any atom is 0.330 e. The number of aliphatic hydroxyl groups excluding tert-OH is 1. The van der Waals surface area contributed by atoms with Gasteiger partial charge in [-0.15, -0.1) is 0 Å². The molecule has 3 atom stereocenters. The Morgan fingerprint density at radius 1 is 1.57 bits per heavy atom. The van der Waals surface area contributed by atoms with E-state index in [9.17, 15) is 14.4 Å². The molecular weight excluding hydrogens is 280 g/mol. The van der Waals surface area contributed by atoms with Crippen molar-refractivity contribution >= 4 is 5.97 Å². The predicted octanol–water partition coefficient (Wildman–Crippen LogP) is -0.484. The average molecular weight is 298 g/mol. The number of ether oxygens (including phenoxy) is 2. The highest BCUT2D eigenvalue weighted by Crippen LogP contribution is 2.32. The van der Waals surface area contributed by atoms with Crippen LogP contribution in [-0.2, 0) is 20.9 Å². The minimum atomic E-state index is -0.610. The van der Waals surface area contributed by atoms with E-state index < -0.39 is 30.1 Å². The van der Waals surface area contributed by atoms with Crippen LogP contribution < -0.4 is 11.2 Å². The van der Waals surface area contributed by atoms with Gasteiger partial charge in [-0.1, -0.05) is 6.92 Å². The fourth-order valence-corrected chi connectivity index (χ4v) is 2.30. The molecule has 0 saturated carbocycles. The Morgan fingerprint density at radius 2 is 2.29 bits per heavy atom. The minimum absolute atomic E-state index is 0.0887. The van der Waals surface area contributed by atoms with E-state index in [-0.39, 0.29) is 24.2 Å². The van der Waals surface area contributed by atoms with E-state index in [0.717, 1.165) is 0 Å². The molecule has 2 rings (SSSR count). The number of nitrogens with one attached hydrogen (secondary N) is 1. The first-order valence-electron chi connectivity index (χ1n) is 6.66. The smallest absolute Gasteiger partial charge is 0.330 e. The Bertz CT molecular complexity index is 634. The zero-order chi connectivity index (χ0) is 15.6. The molecule has 0 bridgehead atoms. The van der Waals surface area contributed by atoms with Gasteiger partial charge in [-0.2, -0.15) is 0 Å². The Balaban J connectivity index is 2.19. The standard InChI is InChI=1S/C13H18N2O6/c1-7-3-11(21-10(7)6-20-8(2)17)15-4-9(5-16)12(18)14-13(15)19/h4,7,10-11,16H,3,5-6H2,1-2H3,(H,14,18,19)/t7-,10+,11+/m0/s1. The van der Waals surface area contributed by atoms with Crippen LogP contribution in [-0.4, -0.2) is 33.3 Å². The molecule has 1 saturated heterocycles. The quantitative estimate of drug-likeness (QED) is 0.726. The lowest BCUT2D eigenvalue weighted by Crippen LogP contribution is -2.34. The topological polar surface area (TPSA) is 111 Å². The molecule has 1 fully saturated rings. The van der Waals surface area contributed by atoms with Crippen molar-refractivity contribution in [1.29, 1.82) is 0 Å². The van der Waals surface area contributed by atoms with Crippen LogP contribution in [0.15, 0.2) is 15.8 Å². The second kappa shape index (κ2) is 6.23. The van der Waals surface area contributed by atoms with Crippen molar-refractivity contribution in [2.75, 3.05) is 6.61 Å². The van der Waals surface area contributed by atoms with E-state index in [1.165, 1.54) is 17.7 Å². The van der Waals surface area contributed by atoms with Crippen molar-refractivity contribution < 1.29 is 19.4 Å². The molecule has 1 aromatic rings. The molecule has 116 valence electrons. The Hall–Kier alpha value is -1.93. The number of carbonyl (C=O) groups is 1. The number of aromatic amines is 1. The molecule has 2 N–H and O–H groups in total. The van der Waals surface area contributed by atoms with Gasteiger partial charge in [0.05, 0.1) is 18.3 Å². The Labute approximate surface area is 120 Å². The van der Waals surface area contributed by atoms with Crippen LogP contribution in [0.25, 0.3) is 0 Å². The van der Waals surface area contributed by atoms with E-state index in [4.69, 9.17) is 14.6 Å². The number of aliphatic hydroxyl groups is 1. The fraction of sp³-hybridized carbons (Fsp3) is 0.615. The molecule has 0 amide bonds. The third-order valence-electron chi connectivity index (χ3n) is 3.51. The van der Waals surface area contributed by atoms with Gasteiger partial charge in [0.2, 0.25) is 0 Å². The molecular formula is C13H18N2O6. The first-order chi connectivity index (χ1) is 9.92. The van der Waals surface area contributed by atoms with Gasteiger partial charge in [0.25, 0.3) is 5.56 Å². The Kier molecular flexibility index (Phi) is 4.59. The summed E-state index contributed by atoms with van der Waals surface area (Å²) >= 11 is 0. The zero-order valence-corrected chi connectivity index (χ0v) is 11.9. The van der Waals surface area contributed by atoms with Crippen molar-refractivity contribution in [1.82, 2.24) is 9.55 Å². The van der Waals surface area contributed by atoms with E-state index in [1.54, 1.807) is 0 Å². The molecule has 0 radical (unpaired) electrons. The second-order valence-corrected chi connectivity index (χ2v) is 5.12. The largest absolute Gasteiger partial charge is 0.463 e. The van der Waals surface area contributed by atoms with Gasteiger partial charge in [0.15, 0.2) is 0 Å². The zero-order valence-electron chi connectivity index (χ0n) is 11.9. The molecule has 0 unspecified atom stereocenters. The van der Waals surface area contributed by atoms with Crippen molar-refractivity contribution in [3.05, 3.63) is 32.6 Å². The number of nitrogens with zero attached hydrogens (tertiary/aromatic N) is 1. The van der Waals surface area contributed by atoms with Gasteiger partial charge >= 0.3 is 11.7 Å². The van der Waals surface area contributed by atoms with Crippen molar-refractivity contribution in [3.63, 3.8) is 0 Å². The number of H-pyrrole nitrogens is 1.